The number of hydroxylamine groups is 2. The van der Waals surface area contributed by atoms with Gasteiger partial charge in [0.25, 0.3) is 0 Å². The Bertz CT molecular complexity index is 1090. The summed E-state index contributed by atoms with van der Waals surface area (Å²) >= 11 is 0. The van der Waals surface area contributed by atoms with E-state index in [9.17, 15) is 4.57 Å². The van der Waals surface area contributed by atoms with Crippen LogP contribution in [0, 0.1) is 0 Å². The molecule has 0 bridgehead atoms. The molecule has 0 aromatic heterocycles. The molecule has 200 valence electrons. The van der Waals surface area contributed by atoms with Crippen molar-refractivity contribution in [2.45, 2.75) is 58.7 Å². The third kappa shape index (κ3) is 9.01. The molecule has 37 heavy (non-hydrogen) atoms. The van der Waals surface area contributed by atoms with Gasteiger partial charge in [-0.2, -0.15) is 5.06 Å². The summed E-state index contributed by atoms with van der Waals surface area (Å²) in [6.45, 7) is 12.2. The van der Waals surface area contributed by atoms with Gasteiger partial charge in [-0.1, -0.05) is 93.6 Å². The van der Waals surface area contributed by atoms with E-state index in [0.29, 0.717) is 11.8 Å². The van der Waals surface area contributed by atoms with Crippen LogP contribution in [0.2, 0.25) is 18.1 Å². The molecule has 3 aromatic carbocycles. The van der Waals surface area contributed by atoms with E-state index in [4.69, 9.17) is 18.3 Å². The summed E-state index contributed by atoms with van der Waals surface area (Å²) in [7, 11) is -3.56. The first-order valence-corrected chi connectivity index (χ1v) is 17.0. The molecule has 0 fully saturated rings. The van der Waals surface area contributed by atoms with Gasteiger partial charge in [0.1, 0.15) is 0 Å². The first kappa shape index (κ1) is 29.5. The molecule has 0 atom stereocenters. The van der Waals surface area contributed by atoms with Crippen molar-refractivity contribution in [3.63, 3.8) is 0 Å². The average Bonchev–Trinajstić information content (AvgIpc) is 2.87. The summed E-state index contributed by atoms with van der Waals surface area (Å²) in [5.74, 6) is 0. The molecular formula is C29H40NO5PSi. The van der Waals surface area contributed by atoms with Gasteiger partial charge in [-0.3, -0.25) is 9.40 Å². The summed E-state index contributed by atoms with van der Waals surface area (Å²) < 4.78 is 31.9. The zero-order valence-electron chi connectivity index (χ0n) is 22.8. The van der Waals surface area contributed by atoms with Gasteiger partial charge in [0.15, 0.2) is 15.1 Å². The van der Waals surface area contributed by atoms with Crippen LogP contribution >= 0.6 is 7.60 Å². The first-order valence-electron chi connectivity index (χ1n) is 12.5. The molecule has 0 heterocycles. The molecule has 0 aliphatic carbocycles. The Morgan fingerprint density at radius 1 is 0.757 bits per heavy atom. The summed E-state index contributed by atoms with van der Waals surface area (Å²) in [6.07, 6.45) is 0. The number of nitrogens with zero attached hydrogens (tertiary/aromatic N) is 1. The summed E-state index contributed by atoms with van der Waals surface area (Å²) in [5, 5.41) is 2.40. The Morgan fingerprint density at radius 2 is 1.24 bits per heavy atom. The third-order valence-electron chi connectivity index (χ3n) is 6.64. The zero-order valence-corrected chi connectivity index (χ0v) is 24.7. The number of hydrogen-bond acceptors (Lipinski definition) is 6. The van der Waals surface area contributed by atoms with E-state index < -0.39 is 15.9 Å². The van der Waals surface area contributed by atoms with Gasteiger partial charge >= 0.3 is 7.60 Å². The van der Waals surface area contributed by atoms with Gasteiger partial charge in [0.05, 0.1) is 18.5 Å². The average molecular weight is 542 g/mol. The predicted octanol–water partition coefficient (Wildman–Crippen LogP) is 7.28. The van der Waals surface area contributed by atoms with Crippen molar-refractivity contribution in [3.05, 3.63) is 102 Å². The minimum absolute atomic E-state index is 0.129. The van der Waals surface area contributed by atoms with Crippen LogP contribution in [0.5, 0.6) is 0 Å². The molecule has 0 aliphatic heterocycles. The Labute approximate surface area is 223 Å². The second-order valence-electron chi connectivity index (χ2n) is 10.6. The molecule has 8 heteroatoms. The number of hydrogen-bond donors (Lipinski definition) is 0. The lowest BCUT2D eigenvalue weighted by molar-refractivity contribution is -0.195. The van der Waals surface area contributed by atoms with Gasteiger partial charge in [0.2, 0.25) is 0 Å². The van der Waals surface area contributed by atoms with E-state index >= 15 is 0 Å². The monoisotopic (exact) mass is 541 g/mol. The molecule has 0 radical (unpaired) electrons. The van der Waals surface area contributed by atoms with E-state index in [2.05, 4.69) is 33.9 Å². The normalized spacial score (nSPS) is 12.7. The summed E-state index contributed by atoms with van der Waals surface area (Å²) in [5.41, 5.74) is 2.87. The molecule has 0 saturated heterocycles. The van der Waals surface area contributed by atoms with Gasteiger partial charge in [-0.15, -0.1) is 0 Å². The third-order valence-corrected chi connectivity index (χ3v) is 13.0. The maximum atomic E-state index is 13.9. The largest absolute Gasteiger partial charge is 0.393 e. The quantitative estimate of drug-likeness (QED) is 0.0981. The van der Waals surface area contributed by atoms with Gasteiger partial charge in [-0.05, 0) is 47.0 Å². The molecule has 0 saturated carbocycles. The maximum absolute atomic E-state index is 13.9. The Hall–Kier alpha value is -2.09. The Kier molecular flexibility index (Phi) is 10.4. The van der Waals surface area contributed by atoms with E-state index in [0.717, 1.165) is 16.7 Å². The van der Waals surface area contributed by atoms with Crippen LogP contribution in [-0.2, 0) is 42.6 Å². The number of benzene rings is 3. The van der Waals surface area contributed by atoms with Crippen molar-refractivity contribution in [3.8, 4) is 0 Å². The number of rotatable bonds is 13. The van der Waals surface area contributed by atoms with E-state index in [1.165, 1.54) is 0 Å². The summed E-state index contributed by atoms with van der Waals surface area (Å²) in [6, 6.07) is 26.8. The van der Waals surface area contributed by atoms with Crippen molar-refractivity contribution in [2.24, 2.45) is 0 Å². The molecule has 6 nitrogen and oxygen atoms in total. The minimum atomic E-state index is -3.57. The second kappa shape index (κ2) is 13.1. The van der Waals surface area contributed by atoms with Crippen molar-refractivity contribution in [2.75, 3.05) is 13.8 Å². The standard InChI is InChI=1S/C29H40NO5PSi/c1-29(2,3)37(5,6)35-24-32-30(4)21-25-17-19-28(20-18-25)36(31,33-22-26-13-9-7-10-14-26)34-23-27-15-11-8-12-16-27/h7-20H,21-24H2,1-6H3. The molecule has 0 unspecified atom stereocenters. The fourth-order valence-corrected chi connectivity index (χ4v) is 5.53. The maximum Gasteiger partial charge on any atom is 0.361 e. The van der Waals surface area contributed by atoms with Crippen LogP contribution in [0.3, 0.4) is 0 Å². The van der Waals surface area contributed by atoms with E-state index in [-0.39, 0.29) is 25.0 Å². The fraction of sp³-hybridized carbons (Fsp3) is 0.379. The van der Waals surface area contributed by atoms with Crippen LogP contribution in [0.4, 0.5) is 0 Å². The lowest BCUT2D eigenvalue weighted by Gasteiger charge is -2.36. The molecule has 0 amide bonds. The van der Waals surface area contributed by atoms with E-state index in [1.54, 1.807) is 5.06 Å². The Balaban J connectivity index is 1.64. The van der Waals surface area contributed by atoms with Gasteiger partial charge in [-0.25, -0.2) is 0 Å². The molecule has 0 aliphatic rings. The van der Waals surface area contributed by atoms with Crippen molar-refractivity contribution < 1.29 is 22.9 Å². The second-order valence-corrected chi connectivity index (χ2v) is 17.5. The predicted molar refractivity (Wildman–Crippen MR) is 152 cm³/mol. The lowest BCUT2D eigenvalue weighted by Crippen LogP contribution is -2.42. The van der Waals surface area contributed by atoms with Crippen molar-refractivity contribution in [1.82, 2.24) is 5.06 Å². The molecule has 3 rings (SSSR count). The van der Waals surface area contributed by atoms with Gasteiger partial charge in [0, 0.05) is 13.6 Å². The van der Waals surface area contributed by atoms with E-state index in [1.807, 2.05) is 92.0 Å². The van der Waals surface area contributed by atoms with Crippen molar-refractivity contribution >= 4 is 21.2 Å². The first-order chi connectivity index (χ1) is 17.5. The summed E-state index contributed by atoms with van der Waals surface area (Å²) in [4.78, 5) is 5.79. The topological polar surface area (TPSA) is 57.2 Å². The van der Waals surface area contributed by atoms with Crippen LogP contribution in [0.1, 0.15) is 37.5 Å². The highest BCUT2D eigenvalue weighted by Crippen LogP contribution is 2.48. The molecular weight excluding hydrogens is 501 g/mol. The van der Waals surface area contributed by atoms with Crippen LogP contribution < -0.4 is 5.30 Å². The minimum Gasteiger partial charge on any atom is -0.393 e. The Morgan fingerprint density at radius 3 is 1.70 bits per heavy atom. The van der Waals surface area contributed by atoms with Crippen LogP contribution in [0.25, 0.3) is 0 Å². The fourth-order valence-electron chi connectivity index (χ4n) is 3.22. The zero-order chi connectivity index (χ0) is 26.9. The van der Waals surface area contributed by atoms with Crippen LogP contribution in [-0.4, -0.2) is 27.2 Å². The van der Waals surface area contributed by atoms with Gasteiger partial charge < -0.3 is 13.5 Å². The van der Waals surface area contributed by atoms with Crippen molar-refractivity contribution in [1.29, 1.82) is 0 Å². The highest BCUT2D eigenvalue weighted by atomic mass is 31.2. The molecule has 3 aromatic rings. The molecule has 0 N–H and O–H groups in total. The SMILES string of the molecule is CN(Cc1ccc(P(=O)(OCc2ccccc2)OCc2ccccc2)cc1)OCO[Si](C)(C)C(C)(C)C. The highest BCUT2D eigenvalue weighted by Gasteiger charge is 2.37. The smallest absolute Gasteiger partial charge is 0.361 e. The lowest BCUT2D eigenvalue weighted by atomic mass is 10.2. The highest BCUT2D eigenvalue weighted by molar-refractivity contribution is 7.62. The molecule has 0 spiro atoms. The van der Waals surface area contributed by atoms with Crippen LogP contribution in [0.15, 0.2) is 84.9 Å².